The molecule has 0 bridgehead atoms. The Bertz CT molecular complexity index is 629. The molecule has 2 aromatic rings. The van der Waals surface area contributed by atoms with Gasteiger partial charge in [-0.15, -0.1) is 0 Å². The van der Waals surface area contributed by atoms with Crippen LogP contribution in [0.15, 0.2) is 46.9 Å². The van der Waals surface area contributed by atoms with Gasteiger partial charge in [0.1, 0.15) is 5.82 Å². The largest absolute Gasteiger partial charge is 0.381 e. The van der Waals surface area contributed by atoms with Gasteiger partial charge in [0.05, 0.1) is 0 Å². The topological polar surface area (TPSA) is 41.1 Å². The normalized spacial score (nSPS) is 10.2. The van der Waals surface area contributed by atoms with Crippen molar-refractivity contribution in [1.29, 1.82) is 0 Å². The first-order chi connectivity index (χ1) is 10.1. The average molecular weight is 351 g/mol. The number of carbonyl (C=O) groups excluding carboxylic acids is 1. The van der Waals surface area contributed by atoms with E-state index < -0.39 is 0 Å². The highest BCUT2D eigenvalue weighted by Gasteiger charge is 2.03. The molecule has 0 atom stereocenters. The van der Waals surface area contributed by atoms with Crippen LogP contribution in [0.25, 0.3) is 0 Å². The predicted molar refractivity (Wildman–Crippen MR) is 86.8 cm³/mol. The van der Waals surface area contributed by atoms with Crippen LogP contribution in [0.5, 0.6) is 0 Å². The molecule has 0 unspecified atom stereocenters. The number of anilines is 2. The maximum absolute atomic E-state index is 13.2. The van der Waals surface area contributed by atoms with Crippen molar-refractivity contribution >= 4 is 33.2 Å². The summed E-state index contributed by atoms with van der Waals surface area (Å²) >= 11 is 3.40. The summed E-state index contributed by atoms with van der Waals surface area (Å²) in [6.07, 6.45) is 0.452. The minimum absolute atomic E-state index is 0.0144. The van der Waals surface area contributed by atoms with Crippen molar-refractivity contribution in [2.75, 3.05) is 10.6 Å². The zero-order valence-corrected chi connectivity index (χ0v) is 13.2. The van der Waals surface area contributed by atoms with Crippen molar-refractivity contribution in [3.05, 3.63) is 58.3 Å². The molecular weight excluding hydrogens is 335 g/mol. The smallest absolute Gasteiger partial charge is 0.224 e. The Labute approximate surface area is 131 Å². The van der Waals surface area contributed by atoms with Crippen LogP contribution < -0.4 is 10.6 Å². The first kappa shape index (κ1) is 15.5. The molecule has 5 heteroatoms. The van der Waals surface area contributed by atoms with Gasteiger partial charge in [-0.2, -0.15) is 0 Å². The van der Waals surface area contributed by atoms with E-state index in [0.29, 0.717) is 13.0 Å². The van der Waals surface area contributed by atoms with E-state index in [-0.39, 0.29) is 11.7 Å². The van der Waals surface area contributed by atoms with Crippen LogP contribution in [0.1, 0.15) is 18.9 Å². The minimum Gasteiger partial charge on any atom is -0.381 e. The number of carbonyl (C=O) groups is 1. The molecule has 0 saturated heterocycles. The quantitative estimate of drug-likeness (QED) is 0.830. The SMILES string of the molecule is CCC(=O)Nc1ccc(NCc2cc(F)ccc2Br)cc1. The number of amides is 1. The van der Waals surface area contributed by atoms with Crippen LogP contribution in [0, 0.1) is 5.82 Å². The summed E-state index contributed by atoms with van der Waals surface area (Å²) in [4.78, 5) is 11.3. The molecule has 0 aliphatic heterocycles. The van der Waals surface area contributed by atoms with Crippen molar-refractivity contribution in [2.45, 2.75) is 19.9 Å². The number of halogens is 2. The molecule has 0 aliphatic rings. The molecule has 0 fully saturated rings. The van der Waals surface area contributed by atoms with Crippen LogP contribution in [0.2, 0.25) is 0 Å². The Kier molecular flexibility index (Phi) is 5.33. The molecule has 2 aromatic carbocycles. The van der Waals surface area contributed by atoms with E-state index in [4.69, 9.17) is 0 Å². The Morgan fingerprint density at radius 1 is 1.14 bits per heavy atom. The van der Waals surface area contributed by atoms with Crippen molar-refractivity contribution in [3.8, 4) is 0 Å². The van der Waals surface area contributed by atoms with Gasteiger partial charge in [-0.1, -0.05) is 22.9 Å². The first-order valence-electron chi connectivity index (χ1n) is 6.66. The molecule has 0 spiro atoms. The van der Waals surface area contributed by atoms with Crippen LogP contribution in [-0.2, 0) is 11.3 Å². The molecule has 0 heterocycles. The van der Waals surface area contributed by atoms with Crippen LogP contribution >= 0.6 is 15.9 Å². The number of benzene rings is 2. The second kappa shape index (κ2) is 7.22. The van der Waals surface area contributed by atoms with Gasteiger partial charge in [0, 0.05) is 28.8 Å². The van der Waals surface area contributed by atoms with Crippen molar-refractivity contribution in [3.63, 3.8) is 0 Å². The van der Waals surface area contributed by atoms with Crippen LogP contribution in [0.3, 0.4) is 0 Å². The average Bonchev–Trinajstić information content (AvgIpc) is 2.49. The molecule has 2 N–H and O–H groups in total. The number of rotatable bonds is 5. The van der Waals surface area contributed by atoms with Gasteiger partial charge in [-0.25, -0.2) is 4.39 Å². The van der Waals surface area contributed by atoms with Gasteiger partial charge in [0.2, 0.25) is 5.91 Å². The second-order valence-corrected chi connectivity index (χ2v) is 5.42. The standard InChI is InChI=1S/C16H16BrFN2O/c1-2-16(21)20-14-6-4-13(5-7-14)19-10-11-9-12(18)3-8-15(11)17/h3-9,19H,2,10H2,1H3,(H,20,21). The third-order valence-electron chi connectivity index (χ3n) is 2.98. The lowest BCUT2D eigenvalue weighted by Crippen LogP contribution is -2.09. The Balaban J connectivity index is 1.97. The van der Waals surface area contributed by atoms with E-state index in [2.05, 4.69) is 26.6 Å². The second-order valence-electron chi connectivity index (χ2n) is 4.57. The molecule has 0 radical (unpaired) electrons. The molecule has 0 saturated carbocycles. The third kappa shape index (κ3) is 4.56. The minimum atomic E-state index is -0.257. The van der Waals surface area contributed by atoms with Gasteiger partial charge in [-0.05, 0) is 48.0 Å². The van der Waals surface area contributed by atoms with Crippen LogP contribution in [-0.4, -0.2) is 5.91 Å². The number of hydrogen-bond acceptors (Lipinski definition) is 2. The van der Waals surface area contributed by atoms with Gasteiger partial charge in [0.25, 0.3) is 0 Å². The first-order valence-corrected chi connectivity index (χ1v) is 7.45. The lowest BCUT2D eigenvalue weighted by Gasteiger charge is -2.10. The lowest BCUT2D eigenvalue weighted by molar-refractivity contribution is -0.115. The van der Waals surface area contributed by atoms with Gasteiger partial charge in [-0.3, -0.25) is 4.79 Å². The molecule has 1 amide bonds. The lowest BCUT2D eigenvalue weighted by atomic mass is 10.2. The zero-order valence-electron chi connectivity index (χ0n) is 11.6. The highest BCUT2D eigenvalue weighted by atomic mass is 79.9. The highest BCUT2D eigenvalue weighted by Crippen LogP contribution is 2.20. The Morgan fingerprint density at radius 2 is 1.81 bits per heavy atom. The molecule has 2 rings (SSSR count). The Morgan fingerprint density at radius 3 is 2.48 bits per heavy atom. The van der Waals surface area contributed by atoms with E-state index in [1.54, 1.807) is 6.07 Å². The fraction of sp³-hybridized carbons (Fsp3) is 0.188. The van der Waals surface area contributed by atoms with Crippen molar-refractivity contribution < 1.29 is 9.18 Å². The maximum Gasteiger partial charge on any atom is 0.224 e. The van der Waals surface area contributed by atoms with Gasteiger partial charge in [0.15, 0.2) is 0 Å². The molecule has 110 valence electrons. The maximum atomic E-state index is 13.2. The fourth-order valence-corrected chi connectivity index (χ4v) is 2.18. The molecule has 0 aromatic heterocycles. The van der Waals surface area contributed by atoms with E-state index in [9.17, 15) is 9.18 Å². The summed E-state index contributed by atoms with van der Waals surface area (Å²) < 4.78 is 14.1. The van der Waals surface area contributed by atoms with Crippen molar-refractivity contribution in [1.82, 2.24) is 0 Å². The number of hydrogen-bond donors (Lipinski definition) is 2. The van der Waals surface area contributed by atoms with E-state index >= 15 is 0 Å². The zero-order chi connectivity index (χ0) is 15.2. The van der Waals surface area contributed by atoms with E-state index in [0.717, 1.165) is 21.4 Å². The van der Waals surface area contributed by atoms with Gasteiger partial charge < -0.3 is 10.6 Å². The van der Waals surface area contributed by atoms with Crippen molar-refractivity contribution in [2.24, 2.45) is 0 Å². The third-order valence-corrected chi connectivity index (χ3v) is 3.75. The monoisotopic (exact) mass is 350 g/mol. The number of nitrogens with one attached hydrogen (secondary N) is 2. The molecule has 21 heavy (non-hydrogen) atoms. The summed E-state index contributed by atoms with van der Waals surface area (Å²) in [5.74, 6) is -0.271. The summed E-state index contributed by atoms with van der Waals surface area (Å²) in [7, 11) is 0. The fourth-order valence-electron chi connectivity index (χ4n) is 1.80. The predicted octanol–water partition coefficient (Wildman–Crippen LogP) is 4.55. The molecular formula is C16H16BrFN2O. The van der Waals surface area contributed by atoms with E-state index in [1.165, 1.54) is 12.1 Å². The highest BCUT2D eigenvalue weighted by molar-refractivity contribution is 9.10. The van der Waals surface area contributed by atoms with E-state index in [1.807, 2.05) is 31.2 Å². The molecule has 0 aliphatic carbocycles. The Hall–Kier alpha value is -1.88. The van der Waals surface area contributed by atoms with Gasteiger partial charge >= 0.3 is 0 Å². The molecule has 3 nitrogen and oxygen atoms in total. The summed E-state index contributed by atoms with van der Waals surface area (Å²) in [5.41, 5.74) is 2.51. The summed E-state index contributed by atoms with van der Waals surface area (Å²) in [6.45, 7) is 2.32. The van der Waals surface area contributed by atoms with Crippen LogP contribution in [0.4, 0.5) is 15.8 Å². The summed E-state index contributed by atoms with van der Waals surface area (Å²) in [5, 5.41) is 6.00. The summed E-state index contributed by atoms with van der Waals surface area (Å²) in [6, 6.07) is 12.0.